The summed E-state index contributed by atoms with van der Waals surface area (Å²) < 4.78 is 10.6. The Hall–Kier alpha value is 0.0700. The SMILES string of the molecule is Cc1ccc(N=P2(NC(C)(C)C)N(C(C)(C)C)[P+]([S-])(NC(C)(C)C)N2C(C)(C)C)cc1. The molecule has 0 unspecified atom stereocenters. The molecule has 0 spiro atoms. The summed E-state index contributed by atoms with van der Waals surface area (Å²) in [6.07, 6.45) is 0. The van der Waals surface area contributed by atoms with Gasteiger partial charge >= 0.3 is 0 Å². The van der Waals surface area contributed by atoms with E-state index in [9.17, 15) is 0 Å². The monoisotopic (exact) mass is 485 g/mol. The minimum Gasteiger partial charge on any atom is -0.498 e. The molecule has 0 aliphatic carbocycles. The van der Waals surface area contributed by atoms with E-state index in [2.05, 4.69) is 133 Å². The molecule has 2 rings (SSSR count). The number of hydrogen-bond acceptors (Lipinski definition) is 3. The zero-order valence-corrected chi connectivity index (χ0v) is 24.6. The van der Waals surface area contributed by atoms with E-state index in [0.717, 1.165) is 5.69 Å². The minimum absolute atomic E-state index is 0.107. The van der Waals surface area contributed by atoms with Gasteiger partial charge in [-0.1, -0.05) is 26.6 Å². The first-order chi connectivity index (χ1) is 13.6. The Kier molecular flexibility index (Phi) is 7.38. The lowest BCUT2D eigenvalue weighted by atomic mass is 10.1. The van der Waals surface area contributed by atoms with E-state index in [1.165, 1.54) is 5.56 Å². The quantitative estimate of drug-likeness (QED) is 0.338. The average molecular weight is 486 g/mol. The van der Waals surface area contributed by atoms with Gasteiger partial charge in [-0.2, -0.15) is 5.09 Å². The zero-order chi connectivity index (χ0) is 24.3. The van der Waals surface area contributed by atoms with Gasteiger partial charge in [0.05, 0.1) is 16.8 Å². The fourth-order valence-electron chi connectivity index (χ4n) is 4.08. The number of benzene rings is 1. The molecule has 8 heteroatoms. The molecule has 178 valence electrons. The number of nitrogens with zero attached hydrogens (tertiary/aromatic N) is 3. The van der Waals surface area contributed by atoms with Crippen molar-refractivity contribution in [1.82, 2.24) is 19.1 Å². The predicted octanol–water partition coefficient (Wildman–Crippen LogP) is 7.79. The Morgan fingerprint density at radius 2 is 1.19 bits per heavy atom. The molecule has 0 radical (unpaired) electrons. The molecule has 0 amide bonds. The smallest absolute Gasteiger partial charge is 0.237 e. The Morgan fingerprint density at radius 1 is 0.774 bits per heavy atom. The van der Waals surface area contributed by atoms with E-state index >= 15 is 0 Å². The third kappa shape index (κ3) is 5.96. The second kappa shape index (κ2) is 8.38. The van der Waals surface area contributed by atoms with Crippen LogP contribution in [0.1, 0.15) is 88.6 Å². The van der Waals surface area contributed by atoms with Crippen molar-refractivity contribution in [2.45, 2.75) is 112 Å². The Bertz CT molecular complexity index is 813. The van der Waals surface area contributed by atoms with Crippen LogP contribution < -0.4 is 10.2 Å². The summed E-state index contributed by atoms with van der Waals surface area (Å²) in [6.45, 7) is 26.7. The maximum Gasteiger partial charge on any atom is 0.237 e. The molecule has 1 aliphatic heterocycles. The number of rotatable bonds is 3. The van der Waals surface area contributed by atoms with E-state index in [0.29, 0.717) is 0 Å². The van der Waals surface area contributed by atoms with Crippen LogP contribution in [0.25, 0.3) is 0 Å². The van der Waals surface area contributed by atoms with Crippen LogP contribution in [0, 0.1) is 6.92 Å². The van der Waals surface area contributed by atoms with Crippen molar-refractivity contribution in [2.24, 2.45) is 4.74 Å². The van der Waals surface area contributed by atoms with Gasteiger partial charge in [-0.15, -0.1) is 0 Å². The van der Waals surface area contributed by atoms with Crippen LogP contribution in [0.4, 0.5) is 5.69 Å². The highest BCUT2D eigenvalue weighted by Crippen LogP contribution is 2.93. The van der Waals surface area contributed by atoms with Crippen molar-refractivity contribution >= 4 is 32.4 Å². The summed E-state index contributed by atoms with van der Waals surface area (Å²) >= 11 is 6.57. The molecule has 1 heterocycles. The molecule has 5 nitrogen and oxygen atoms in total. The molecule has 0 aromatic heterocycles. The summed E-state index contributed by atoms with van der Waals surface area (Å²) in [4.78, 5) is 0. The zero-order valence-electron chi connectivity index (χ0n) is 22.0. The molecular weight excluding hydrogens is 440 g/mol. The van der Waals surface area contributed by atoms with Crippen molar-refractivity contribution in [3.63, 3.8) is 0 Å². The Balaban J connectivity index is 2.90. The van der Waals surface area contributed by atoms with E-state index in [-0.39, 0.29) is 22.2 Å². The molecule has 2 N–H and O–H groups in total. The topological polar surface area (TPSA) is 42.9 Å². The van der Waals surface area contributed by atoms with Gasteiger partial charge in [-0.05, 0) is 102 Å². The lowest BCUT2D eigenvalue weighted by Gasteiger charge is -2.71. The maximum atomic E-state index is 6.57. The second-order valence-corrected chi connectivity index (χ2v) is 19.3. The van der Waals surface area contributed by atoms with Gasteiger partial charge in [0.25, 0.3) is 0 Å². The van der Waals surface area contributed by atoms with E-state index in [4.69, 9.17) is 17.0 Å². The first-order valence-corrected chi connectivity index (χ1v) is 15.5. The van der Waals surface area contributed by atoms with E-state index < -0.39 is 14.4 Å². The van der Waals surface area contributed by atoms with Gasteiger partial charge in [0.15, 0.2) is 0 Å². The second-order valence-electron chi connectivity index (χ2n) is 12.7. The predicted molar refractivity (Wildman–Crippen MR) is 143 cm³/mol. The number of hydrogen-bond donors (Lipinski definition) is 2. The van der Waals surface area contributed by atoms with Crippen LogP contribution in [-0.2, 0) is 12.2 Å². The fraction of sp³-hybridized carbons (Fsp3) is 0.739. The lowest BCUT2D eigenvalue weighted by Crippen LogP contribution is -2.67. The molecule has 1 aromatic carbocycles. The normalized spacial score (nSPS) is 26.6. The largest absolute Gasteiger partial charge is 0.498 e. The van der Waals surface area contributed by atoms with Gasteiger partial charge < -0.3 is 12.2 Å². The fourth-order valence-corrected chi connectivity index (χ4v) is 18.6. The van der Waals surface area contributed by atoms with Crippen LogP contribution in [0.15, 0.2) is 29.0 Å². The summed E-state index contributed by atoms with van der Waals surface area (Å²) in [5.74, 6) is 0. The standard InChI is InChI=1S/C23H45N5P2S/c1-18-14-16-19(17-15-18)24-29(25-20(2,3)4)27(22(8,9)10)30(31,26-21(5,6)7)28(29)23(11,12)13/h14-17,25H,1-13H3,(H,26,31). The third-order valence-corrected chi connectivity index (χ3v) is 16.5. The summed E-state index contributed by atoms with van der Waals surface area (Å²) in [7, 11) is -2.37. The summed E-state index contributed by atoms with van der Waals surface area (Å²) in [5, 5.41) is 7.89. The highest BCUT2D eigenvalue weighted by Gasteiger charge is 2.73. The minimum atomic E-state index is -2.37. The van der Waals surface area contributed by atoms with Crippen molar-refractivity contribution < 1.29 is 0 Å². The first-order valence-electron chi connectivity index (χ1n) is 11.1. The number of nitrogens with one attached hydrogen (secondary N) is 2. The molecule has 0 saturated carbocycles. The van der Waals surface area contributed by atoms with Crippen molar-refractivity contribution in [1.29, 1.82) is 0 Å². The summed E-state index contributed by atoms with van der Waals surface area (Å²) in [5.41, 5.74) is 1.69. The van der Waals surface area contributed by atoms with Crippen molar-refractivity contribution in [3.8, 4) is 0 Å². The lowest BCUT2D eigenvalue weighted by molar-refractivity contribution is 0.251. The third-order valence-electron chi connectivity index (χ3n) is 4.50. The van der Waals surface area contributed by atoms with Crippen molar-refractivity contribution in [3.05, 3.63) is 29.8 Å². The van der Waals surface area contributed by atoms with Crippen molar-refractivity contribution in [2.75, 3.05) is 0 Å². The molecule has 0 atom stereocenters. The molecule has 0 bridgehead atoms. The van der Waals surface area contributed by atoms with Crippen LogP contribution in [0.2, 0.25) is 0 Å². The van der Waals surface area contributed by atoms with Crippen LogP contribution >= 0.6 is 14.4 Å². The molecule has 1 aromatic rings. The van der Waals surface area contributed by atoms with Crippen LogP contribution in [0.5, 0.6) is 0 Å². The van der Waals surface area contributed by atoms with Gasteiger partial charge in [-0.3, -0.25) is 0 Å². The van der Waals surface area contributed by atoms with Gasteiger partial charge in [0, 0.05) is 11.1 Å². The van der Waals surface area contributed by atoms with Gasteiger partial charge in [0.1, 0.15) is 6.92 Å². The van der Waals surface area contributed by atoms with Gasteiger partial charge in [0.2, 0.25) is 7.51 Å². The molecule has 31 heavy (non-hydrogen) atoms. The highest BCUT2D eigenvalue weighted by atomic mass is 32.7. The van der Waals surface area contributed by atoms with Gasteiger partial charge in [-0.25, -0.2) is 9.83 Å². The maximum absolute atomic E-state index is 6.57. The summed E-state index contributed by atoms with van der Waals surface area (Å²) in [6, 6.07) is 8.53. The Morgan fingerprint density at radius 3 is 1.52 bits per heavy atom. The van der Waals surface area contributed by atoms with Crippen LogP contribution in [0.3, 0.4) is 0 Å². The highest BCUT2D eigenvalue weighted by molar-refractivity contribution is 8.44. The molecule has 1 fully saturated rings. The molecular formula is C23H45N5P2S. The molecule has 1 aliphatic rings. The number of aryl methyl sites for hydroxylation is 1. The first kappa shape index (κ1) is 27.3. The molecule has 1 saturated heterocycles. The van der Waals surface area contributed by atoms with E-state index in [1.807, 2.05) is 0 Å². The van der Waals surface area contributed by atoms with Crippen LogP contribution in [-0.4, -0.2) is 31.0 Å². The Labute approximate surface area is 198 Å². The van der Waals surface area contributed by atoms with E-state index in [1.54, 1.807) is 0 Å². The average Bonchev–Trinajstić information content (AvgIpc) is 2.41.